The van der Waals surface area contributed by atoms with Crippen LogP contribution in [0, 0.1) is 13.8 Å². The molecule has 3 heterocycles. The van der Waals surface area contributed by atoms with Gasteiger partial charge in [-0.3, -0.25) is 4.79 Å². The van der Waals surface area contributed by atoms with Crippen molar-refractivity contribution in [1.82, 2.24) is 9.66 Å². The minimum absolute atomic E-state index is 0.119. The zero-order chi connectivity index (χ0) is 19.3. The van der Waals surface area contributed by atoms with Crippen LogP contribution >= 0.6 is 11.3 Å². The zero-order valence-corrected chi connectivity index (χ0v) is 17.0. The molecule has 0 amide bonds. The van der Waals surface area contributed by atoms with Crippen LogP contribution in [0.2, 0.25) is 0 Å². The maximum absolute atomic E-state index is 12.7. The summed E-state index contributed by atoms with van der Waals surface area (Å²) in [6, 6.07) is 8.40. The molecule has 0 saturated carbocycles. The number of likely N-dealkylation sites (N-methyl/N-ethyl adjacent to an activating group) is 1. The Morgan fingerprint density at radius 2 is 1.96 bits per heavy atom. The molecule has 0 aliphatic carbocycles. The number of nitrogens with zero attached hydrogens (tertiary/aromatic N) is 4. The lowest BCUT2D eigenvalue weighted by Gasteiger charge is -2.23. The second-order valence-corrected chi connectivity index (χ2v) is 8.58. The first kappa shape index (κ1) is 17.7. The van der Waals surface area contributed by atoms with Gasteiger partial charge in [0.2, 0.25) is 0 Å². The lowest BCUT2D eigenvalue weighted by molar-refractivity contribution is 0.641. The molecule has 0 bridgehead atoms. The number of para-hydroxylation sites is 1. The van der Waals surface area contributed by atoms with Crippen molar-refractivity contribution in [3.05, 3.63) is 68.7 Å². The van der Waals surface area contributed by atoms with Crippen LogP contribution in [0.15, 0.2) is 52.3 Å². The van der Waals surface area contributed by atoms with E-state index in [1.165, 1.54) is 22.3 Å². The van der Waals surface area contributed by atoms with E-state index in [2.05, 4.69) is 54.1 Å². The van der Waals surface area contributed by atoms with Crippen LogP contribution in [0.25, 0.3) is 10.2 Å². The van der Waals surface area contributed by atoms with Crippen molar-refractivity contribution in [2.45, 2.75) is 33.1 Å². The van der Waals surface area contributed by atoms with E-state index in [1.807, 2.05) is 26.0 Å². The lowest BCUT2D eigenvalue weighted by Crippen LogP contribution is -2.23. The first-order valence-electron chi connectivity index (χ1n) is 8.88. The van der Waals surface area contributed by atoms with Gasteiger partial charge in [-0.1, -0.05) is 32.0 Å². The van der Waals surface area contributed by atoms with Gasteiger partial charge in [0.05, 0.1) is 5.39 Å². The SMILES string of the molecule is Cc1sc2ncn(N=CC=C3N(C)c4ccccc4C3(C)C)c(=O)c2c1C. The third-order valence-electron chi connectivity index (χ3n) is 5.44. The van der Waals surface area contributed by atoms with E-state index in [0.29, 0.717) is 5.39 Å². The van der Waals surface area contributed by atoms with Crippen molar-refractivity contribution in [1.29, 1.82) is 0 Å². The molecule has 0 saturated heterocycles. The van der Waals surface area contributed by atoms with Gasteiger partial charge in [0, 0.05) is 34.9 Å². The lowest BCUT2D eigenvalue weighted by atomic mass is 9.84. The number of rotatable bonds is 2. The van der Waals surface area contributed by atoms with Gasteiger partial charge in [-0.15, -0.1) is 11.3 Å². The molecule has 27 heavy (non-hydrogen) atoms. The number of anilines is 1. The largest absolute Gasteiger partial charge is 0.347 e. The molecule has 3 aromatic rings. The third kappa shape index (κ3) is 2.63. The van der Waals surface area contributed by atoms with Crippen LogP contribution in [-0.2, 0) is 5.41 Å². The summed E-state index contributed by atoms with van der Waals surface area (Å²) >= 11 is 1.54. The smallest absolute Gasteiger partial charge is 0.282 e. The molecule has 0 spiro atoms. The predicted molar refractivity (Wildman–Crippen MR) is 113 cm³/mol. The fraction of sp³-hybridized carbons (Fsp3) is 0.286. The van der Waals surface area contributed by atoms with Crippen LogP contribution in [0.3, 0.4) is 0 Å². The second kappa shape index (κ2) is 6.16. The van der Waals surface area contributed by atoms with Crippen LogP contribution in [0.1, 0.15) is 29.9 Å². The van der Waals surface area contributed by atoms with E-state index in [0.717, 1.165) is 21.0 Å². The van der Waals surface area contributed by atoms with Crippen LogP contribution < -0.4 is 10.5 Å². The Kier molecular flexibility index (Phi) is 4.03. The van der Waals surface area contributed by atoms with Crippen LogP contribution in [-0.4, -0.2) is 22.9 Å². The highest BCUT2D eigenvalue weighted by Crippen LogP contribution is 2.46. The normalized spacial score (nSPS) is 17.4. The molecule has 1 aromatic carbocycles. The first-order valence-corrected chi connectivity index (χ1v) is 9.69. The van der Waals surface area contributed by atoms with E-state index in [4.69, 9.17) is 0 Å². The molecule has 0 radical (unpaired) electrons. The Morgan fingerprint density at radius 1 is 1.22 bits per heavy atom. The van der Waals surface area contributed by atoms with Crippen molar-refractivity contribution in [2.75, 3.05) is 11.9 Å². The minimum Gasteiger partial charge on any atom is -0.347 e. The fourth-order valence-corrected chi connectivity index (χ4v) is 4.77. The van der Waals surface area contributed by atoms with Gasteiger partial charge < -0.3 is 4.90 Å². The number of hydrogen-bond donors (Lipinski definition) is 0. The van der Waals surface area contributed by atoms with Gasteiger partial charge in [0.15, 0.2) is 0 Å². The molecular formula is C21H22N4OS. The zero-order valence-electron chi connectivity index (χ0n) is 16.1. The van der Waals surface area contributed by atoms with Gasteiger partial charge in [0.25, 0.3) is 5.56 Å². The van der Waals surface area contributed by atoms with Gasteiger partial charge >= 0.3 is 0 Å². The highest BCUT2D eigenvalue weighted by Gasteiger charge is 2.37. The topological polar surface area (TPSA) is 50.5 Å². The Balaban J connectivity index is 1.73. The molecule has 138 valence electrons. The van der Waals surface area contributed by atoms with Gasteiger partial charge in [-0.25, -0.2) is 4.98 Å². The highest BCUT2D eigenvalue weighted by atomic mass is 32.1. The van der Waals surface area contributed by atoms with Crippen molar-refractivity contribution >= 4 is 33.5 Å². The molecule has 6 heteroatoms. The number of fused-ring (bicyclic) bond motifs is 2. The summed E-state index contributed by atoms with van der Waals surface area (Å²) in [6.45, 7) is 8.37. The fourth-order valence-electron chi connectivity index (χ4n) is 3.79. The molecule has 0 N–H and O–H groups in total. The minimum atomic E-state index is -0.126. The van der Waals surface area contributed by atoms with E-state index >= 15 is 0 Å². The van der Waals surface area contributed by atoms with Gasteiger partial charge in [-0.05, 0) is 37.1 Å². The molecule has 1 aliphatic rings. The van der Waals surface area contributed by atoms with Crippen LogP contribution in [0.5, 0.6) is 0 Å². The van der Waals surface area contributed by atoms with E-state index in [-0.39, 0.29) is 11.0 Å². The average molecular weight is 379 g/mol. The Labute approximate surface area is 162 Å². The second-order valence-electron chi connectivity index (χ2n) is 7.38. The number of hydrogen-bond acceptors (Lipinski definition) is 5. The van der Waals surface area contributed by atoms with Crippen molar-refractivity contribution < 1.29 is 0 Å². The number of benzene rings is 1. The number of aromatic nitrogens is 2. The van der Waals surface area contributed by atoms with Gasteiger partial charge in [0.1, 0.15) is 11.2 Å². The summed E-state index contributed by atoms with van der Waals surface area (Å²) in [6.07, 6.45) is 5.15. The number of allylic oxidation sites excluding steroid dienone is 2. The molecule has 0 atom stereocenters. The molecule has 4 rings (SSSR count). The van der Waals surface area contributed by atoms with Crippen molar-refractivity contribution in [3.8, 4) is 0 Å². The number of aryl methyl sites for hydroxylation is 2. The molecule has 5 nitrogen and oxygen atoms in total. The number of thiophene rings is 1. The van der Waals surface area contributed by atoms with E-state index in [9.17, 15) is 4.79 Å². The van der Waals surface area contributed by atoms with Gasteiger partial charge in [-0.2, -0.15) is 9.78 Å². The Bertz CT molecular complexity index is 1170. The standard InChI is InChI=1S/C21H22N4OS/c1-13-14(2)27-19-18(13)20(26)25(12-22-19)23-11-10-17-21(3,4)15-8-6-7-9-16(15)24(17)5/h6-12H,1-5H3. The summed E-state index contributed by atoms with van der Waals surface area (Å²) in [7, 11) is 2.06. The summed E-state index contributed by atoms with van der Waals surface area (Å²) in [5.41, 5.74) is 4.37. The Hall–Kier alpha value is -2.73. The maximum Gasteiger partial charge on any atom is 0.282 e. The average Bonchev–Trinajstić information content (AvgIpc) is 3.03. The molecule has 2 aromatic heterocycles. The summed E-state index contributed by atoms with van der Waals surface area (Å²) in [4.78, 5) is 21.2. The highest BCUT2D eigenvalue weighted by molar-refractivity contribution is 7.18. The van der Waals surface area contributed by atoms with Crippen molar-refractivity contribution in [2.24, 2.45) is 5.10 Å². The first-order chi connectivity index (χ1) is 12.8. The van der Waals surface area contributed by atoms with E-state index in [1.54, 1.807) is 17.6 Å². The predicted octanol–water partition coefficient (Wildman–Crippen LogP) is 4.22. The third-order valence-corrected chi connectivity index (χ3v) is 6.55. The molecular weight excluding hydrogens is 356 g/mol. The quantitative estimate of drug-likeness (QED) is 0.628. The monoisotopic (exact) mass is 378 g/mol. The molecule has 0 unspecified atom stereocenters. The Morgan fingerprint density at radius 3 is 2.70 bits per heavy atom. The summed E-state index contributed by atoms with van der Waals surface area (Å²) in [5, 5.41) is 5.01. The maximum atomic E-state index is 12.7. The summed E-state index contributed by atoms with van der Waals surface area (Å²) in [5.74, 6) is 0. The van der Waals surface area contributed by atoms with E-state index < -0.39 is 0 Å². The van der Waals surface area contributed by atoms with Crippen LogP contribution in [0.4, 0.5) is 5.69 Å². The molecule has 1 aliphatic heterocycles. The molecule has 0 fully saturated rings. The summed E-state index contributed by atoms with van der Waals surface area (Å²) < 4.78 is 1.31. The van der Waals surface area contributed by atoms with Crippen molar-refractivity contribution in [3.63, 3.8) is 0 Å².